The second kappa shape index (κ2) is 23.5. The van der Waals surface area contributed by atoms with E-state index < -0.39 is 46.8 Å². The summed E-state index contributed by atoms with van der Waals surface area (Å²) in [5.41, 5.74) is 4.47. The molecule has 2 aliphatic rings. The van der Waals surface area contributed by atoms with E-state index in [-0.39, 0.29) is 62.0 Å². The summed E-state index contributed by atoms with van der Waals surface area (Å²) in [5, 5.41) is 16.9. The molecule has 3 aromatic carbocycles. The van der Waals surface area contributed by atoms with Crippen molar-refractivity contribution in [1.29, 1.82) is 0 Å². The Hall–Kier alpha value is -5.37. The first-order chi connectivity index (χ1) is 32.8. The molecule has 15 nitrogen and oxygen atoms in total. The monoisotopic (exact) mass is 1010 g/mol. The van der Waals surface area contributed by atoms with Crippen molar-refractivity contribution in [3.63, 3.8) is 0 Å². The number of β-amino-alcohol motifs (C(OH)–C–C–N with tert-alkyl or cyclic N) is 1. The van der Waals surface area contributed by atoms with Crippen LogP contribution in [0.4, 0.5) is 15.8 Å². The predicted molar refractivity (Wildman–Crippen MR) is 271 cm³/mol. The van der Waals surface area contributed by atoms with E-state index in [0.717, 1.165) is 21.7 Å². The first-order valence-electron chi connectivity index (χ1n) is 22.8. The van der Waals surface area contributed by atoms with E-state index in [4.69, 9.17) is 38.0 Å². The molecular weight excluding hydrogens is 945 g/mol. The number of hydrogen-bond acceptors (Lipinski definition) is 12. The lowest BCUT2D eigenvalue weighted by molar-refractivity contribution is -0.144. The van der Waals surface area contributed by atoms with Gasteiger partial charge < -0.3 is 39.8 Å². The van der Waals surface area contributed by atoms with E-state index in [1.807, 2.05) is 52.0 Å². The Morgan fingerprint density at radius 1 is 1.03 bits per heavy atom. The summed E-state index contributed by atoms with van der Waals surface area (Å²) in [6.45, 7) is 12.2. The van der Waals surface area contributed by atoms with Crippen LogP contribution >= 0.6 is 35.2 Å². The van der Waals surface area contributed by atoms with E-state index in [0.29, 0.717) is 54.4 Å². The van der Waals surface area contributed by atoms with Gasteiger partial charge in [-0.3, -0.25) is 29.1 Å². The average Bonchev–Trinajstić information content (AvgIpc) is 3.97. The van der Waals surface area contributed by atoms with Crippen LogP contribution in [-0.4, -0.2) is 120 Å². The van der Waals surface area contributed by atoms with Crippen molar-refractivity contribution in [3.05, 3.63) is 93.8 Å². The summed E-state index contributed by atoms with van der Waals surface area (Å²) < 4.78 is 32.4. The minimum absolute atomic E-state index is 0.0272. The number of carbonyl (C=O) groups excluding carboxylic acids is 4. The third-order valence-corrected chi connectivity index (χ3v) is 13.5. The maximum absolute atomic E-state index is 15.4. The van der Waals surface area contributed by atoms with E-state index in [9.17, 15) is 24.3 Å². The molecule has 0 saturated carbocycles. The summed E-state index contributed by atoms with van der Waals surface area (Å²) in [7, 11) is 1.64. The Kier molecular flexibility index (Phi) is 18.0. The number of aliphatic imine (C=N–C) groups is 1. The highest BCUT2D eigenvalue weighted by molar-refractivity contribution is 7.81. The van der Waals surface area contributed by atoms with Crippen LogP contribution < -0.4 is 25.2 Å². The number of benzene rings is 3. The molecule has 4 aromatic rings. The molecular formula is C50H61ClFN7O8S2. The fourth-order valence-electron chi connectivity index (χ4n) is 8.10. The maximum atomic E-state index is 15.4. The van der Waals surface area contributed by atoms with Crippen LogP contribution in [0.25, 0.3) is 10.4 Å². The molecule has 0 aliphatic carbocycles. The zero-order valence-electron chi connectivity index (χ0n) is 40.1. The molecule has 0 radical (unpaired) electrons. The van der Waals surface area contributed by atoms with Crippen molar-refractivity contribution in [2.45, 2.75) is 97.5 Å². The van der Waals surface area contributed by atoms with Gasteiger partial charge in [-0.05, 0) is 99.1 Å². The van der Waals surface area contributed by atoms with Gasteiger partial charge in [0.25, 0.3) is 5.91 Å². The van der Waals surface area contributed by atoms with Crippen molar-refractivity contribution in [2.24, 2.45) is 10.4 Å². The Labute approximate surface area is 417 Å². The Morgan fingerprint density at radius 2 is 1.72 bits per heavy atom. The Balaban J connectivity index is 0.870. The molecule has 3 heterocycles. The molecule has 3 N–H and O–H groups in total. The maximum Gasteiger partial charge on any atom is 0.259 e. The number of unbranched alkanes of at least 4 members (excludes halogenated alkanes) is 1. The minimum atomic E-state index is -1.10. The molecule has 370 valence electrons. The van der Waals surface area contributed by atoms with Crippen molar-refractivity contribution in [3.8, 4) is 16.2 Å². The van der Waals surface area contributed by atoms with E-state index in [1.165, 1.54) is 21.9 Å². The highest BCUT2D eigenvalue weighted by atomic mass is 35.5. The molecule has 2 fully saturated rings. The Morgan fingerprint density at radius 3 is 2.39 bits per heavy atom. The van der Waals surface area contributed by atoms with Gasteiger partial charge in [-0.15, -0.1) is 11.3 Å². The summed E-state index contributed by atoms with van der Waals surface area (Å²) in [6, 6.07) is 15.6. The zero-order valence-corrected chi connectivity index (χ0v) is 42.4. The molecule has 69 heavy (non-hydrogen) atoms. The van der Waals surface area contributed by atoms with Crippen LogP contribution in [0, 0.1) is 18.2 Å². The number of aryl methyl sites for hydroxylation is 1. The van der Waals surface area contributed by atoms with Gasteiger partial charge in [0.15, 0.2) is 16.7 Å². The fraction of sp³-hybridized carbons (Fsp3) is 0.460. The molecule has 0 spiro atoms. The number of anilines is 2. The summed E-state index contributed by atoms with van der Waals surface area (Å²) >= 11 is 13.8. The highest BCUT2D eigenvalue weighted by Gasteiger charge is 2.50. The topological polar surface area (TPSA) is 175 Å². The molecule has 6 rings (SSSR count). The average molecular weight is 1010 g/mol. The van der Waals surface area contributed by atoms with E-state index in [1.54, 1.807) is 73.1 Å². The van der Waals surface area contributed by atoms with Gasteiger partial charge in [-0.2, -0.15) is 0 Å². The largest absolute Gasteiger partial charge is 0.491 e. The van der Waals surface area contributed by atoms with Crippen LogP contribution in [0.1, 0.15) is 77.1 Å². The molecule has 3 atom stereocenters. The number of thiazole rings is 1. The van der Waals surface area contributed by atoms with Gasteiger partial charge in [0.1, 0.15) is 24.2 Å². The number of halogens is 2. The number of thiocarbonyl (C=S) groups is 1. The number of carbonyl (C=O) groups is 4. The van der Waals surface area contributed by atoms with Crippen LogP contribution in [0.3, 0.4) is 0 Å². The number of aromatic nitrogens is 1. The Bertz CT molecular complexity index is 2520. The normalized spacial score (nSPS) is 17.5. The van der Waals surface area contributed by atoms with Crippen LogP contribution in [-0.2, 0) is 35.2 Å². The first-order valence-corrected chi connectivity index (χ1v) is 24.5. The lowest BCUT2D eigenvalue weighted by Crippen LogP contribution is -2.58. The SMILES string of the molecule is CN=Cc1ccc(N2C(=O)C(C)(C)N(c3ccc(OCCCCOCCCOCC(=O)N[C@H](C(=O)N4C[C@H](O)C[C@H]4C(=O)NCc4ccc(-c5scnc5C)cc4)C(C)(C)C)c(F)c3)C2=S)cc1Cl. The molecule has 19 heteroatoms. The third kappa shape index (κ3) is 13.1. The number of likely N-dealkylation sites (tertiary alicyclic amines) is 1. The quantitative estimate of drug-likeness (QED) is 0.0435. The number of ether oxygens (including phenoxy) is 3. The number of hydrogen-bond donors (Lipinski definition) is 3. The van der Waals surface area contributed by atoms with Crippen LogP contribution in [0.2, 0.25) is 5.02 Å². The summed E-state index contributed by atoms with van der Waals surface area (Å²) in [5.74, 6) is -2.12. The van der Waals surface area contributed by atoms with Gasteiger partial charge in [-0.25, -0.2) is 9.37 Å². The predicted octanol–water partition coefficient (Wildman–Crippen LogP) is 7.27. The number of aliphatic hydroxyl groups is 1. The zero-order chi connectivity index (χ0) is 50.0. The van der Waals surface area contributed by atoms with Crippen LogP contribution in [0.15, 0.2) is 71.2 Å². The van der Waals surface area contributed by atoms with Crippen molar-refractivity contribution in [2.75, 3.05) is 56.4 Å². The lowest BCUT2D eigenvalue weighted by Gasteiger charge is -2.35. The van der Waals surface area contributed by atoms with E-state index in [2.05, 4.69) is 20.6 Å². The molecule has 1 aromatic heterocycles. The van der Waals surface area contributed by atoms with Crippen LogP contribution in [0.5, 0.6) is 5.75 Å². The second-order valence-corrected chi connectivity index (χ2v) is 20.2. The molecule has 2 saturated heterocycles. The van der Waals surface area contributed by atoms with Gasteiger partial charge in [0.05, 0.1) is 39.5 Å². The molecule has 0 bridgehead atoms. The smallest absolute Gasteiger partial charge is 0.259 e. The molecule has 4 amide bonds. The van der Waals surface area contributed by atoms with Gasteiger partial charge in [0.2, 0.25) is 17.7 Å². The highest BCUT2D eigenvalue weighted by Crippen LogP contribution is 2.39. The fourth-order valence-corrected chi connectivity index (χ4v) is 9.66. The standard InChI is InChI=1S/C50H61ClFN7O8S2/c1-31-43(69-30-55-31)33-13-11-32(12-14-33)26-54-45(62)40-25-37(60)28-57(40)46(63)44(49(2,3)4)56-42(61)29-66-21-10-20-65-19-8-9-22-67-41-18-17-36(24-39(41)52)59-48(68)58(47(64)50(59,5)6)35-16-15-34(27-53-7)38(51)23-35/h11-18,23-24,27,30,37,40,44,60H,8-10,19-22,25-26,28-29H2,1-7H3,(H,54,62)(H,56,61)/t37-,40+,44-/m1/s1. The summed E-state index contributed by atoms with van der Waals surface area (Å²) in [4.78, 5) is 67.7. The number of rotatable bonds is 21. The number of nitrogens with one attached hydrogen (secondary N) is 2. The lowest BCUT2D eigenvalue weighted by atomic mass is 9.85. The first kappa shape index (κ1) is 53.0. The summed E-state index contributed by atoms with van der Waals surface area (Å²) in [6.07, 6.45) is 2.61. The number of amides is 4. The van der Waals surface area contributed by atoms with Crippen molar-refractivity contribution >= 4 is 81.5 Å². The van der Waals surface area contributed by atoms with Crippen molar-refractivity contribution < 1.29 is 42.9 Å². The van der Waals surface area contributed by atoms with Gasteiger partial charge in [0, 0.05) is 69.9 Å². The van der Waals surface area contributed by atoms with Gasteiger partial charge >= 0.3 is 0 Å². The van der Waals surface area contributed by atoms with Crippen molar-refractivity contribution in [1.82, 2.24) is 20.5 Å². The number of nitrogens with zero attached hydrogens (tertiary/aromatic N) is 5. The molecule has 0 unspecified atom stereocenters. The van der Waals surface area contributed by atoms with E-state index >= 15 is 4.39 Å². The third-order valence-electron chi connectivity index (χ3n) is 11.8. The van der Waals surface area contributed by atoms with Gasteiger partial charge in [-0.1, -0.05) is 56.6 Å². The molecule has 2 aliphatic heterocycles. The minimum Gasteiger partial charge on any atom is -0.491 e. The number of aliphatic hydroxyl groups excluding tert-OH is 1. The second-order valence-electron chi connectivity index (χ2n) is 18.5.